The summed E-state index contributed by atoms with van der Waals surface area (Å²) in [4.78, 5) is 28.3. The van der Waals surface area contributed by atoms with Crippen LogP contribution in [0.25, 0.3) is 0 Å². The molecule has 4 rings (SSSR count). The van der Waals surface area contributed by atoms with E-state index in [1.165, 1.54) is 19.2 Å². The molecule has 2 aliphatic heterocycles. The Bertz CT molecular complexity index is 1000. The first-order valence-corrected chi connectivity index (χ1v) is 10.8. The molecule has 2 aromatic carbocycles. The van der Waals surface area contributed by atoms with Crippen LogP contribution in [0.3, 0.4) is 0 Å². The Labute approximate surface area is 186 Å². The van der Waals surface area contributed by atoms with Gasteiger partial charge in [-0.05, 0) is 61.2 Å². The zero-order valence-electron chi connectivity index (χ0n) is 18.1. The molecule has 0 aliphatic carbocycles. The van der Waals surface area contributed by atoms with Gasteiger partial charge in [0.25, 0.3) is 5.91 Å². The molecule has 2 heterocycles. The number of hydrazone groups is 1. The quantitative estimate of drug-likeness (QED) is 0.555. The number of hydrogen-bond donors (Lipinski definition) is 1. The molecule has 0 atom stereocenters. The van der Waals surface area contributed by atoms with Crippen LogP contribution in [0, 0.1) is 11.7 Å². The summed E-state index contributed by atoms with van der Waals surface area (Å²) >= 11 is 0. The number of ether oxygens (including phenoxy) is 1. The van der Waals surface area contributed by atoms with Gasteiger partial charge in [0, 0.05) is 25.2 Å². The minimum absolute atomic E-state index is 0.127. The second kappa shape index (κ2) is 9.91. The Morgan fingerprint density at radius 2 is 1.88 bits per heavy atom. The number of likely N-dealkylation sites (tertiary alicyclic amines) is 1. The molecule has 1 saturated heterocycles. The number of piperidine rings is 1. The number of benzene rings is 2. The number of carbonyl (C=O) groups is 2. The minimum atomic E-state index is -0.653. The third kappa shape index (κ3) is 5.13. The largest absolute Gasteiger partial charge is 0.452 e. The smallest absolute Gasteiger partial charge is 0.427 e. The van der Waals surface area contributed by atoms with Gasteiger partial charge in [0.1, 0.15) is 5.82 Å². The molecular weight excluding hydrogens is 411 g/mol. The molecule has 1 fully saturated rings. The van der Waals surface area contributed by atoms with E-state index in [9.17, 15) is 14.0 Å². The molecule has 7 nitrogen and oxygen atoms in total. The maximum absolute atomic E-state index is 13.3. The average molecular weight is 439 g/mol. The van der Waals surface area contributed by atoms with E-state index in [2.05, 4.69) is 20.2 Å². The highest BCUT2D eigenvalue weighted by Gasteiger charge is 2.30. The van der Waals surface area contributed by atoms with Gasteiger partial charge >= 0.3 is 6.09 Å². The topological polar surface area (TPSA) is 74.2 Å². The van der Waals surface area contributed by atoms with Gasteiger partial charge in [0.2, 0.25) is 0 Å². The number of nitrogens with one attached hydrogen (secondary N) is 1. The SMILES string of the molecule is COC(=O)N/N=C(\CN1CCC(CN2Cc3ccccc3C2=O)CC1)c1ccc(F)cc1. The zero-order valence-corrected chi connectivity index (χ0v) is 18.1. The van der Waals surface area contributed by atoms with Crippen LogP contribution < -0.4 is 5.43 Å². The monoisotopic (exact) mass is 438 g/mol. The third-order valence-corrected chi connectivity index (χ3v) is 6.10. The van der Waals surface area contributed by atoms with Crippen molar-refractivity contribution in [3.63, 3.8) is 0 Å². The van der Waals surface area contributed by atoms with Crippen molar-refractivity contribution in [3.05, 3.63) is 71.0 Å². The van der Waals surface area contributed by atoms with Gasteiger partial charge in [0.05, 0.1) is 12.8 Å². The van der Waals surface area contributed by atoms with Crippen molar-refractivity contribution in [1.82, 2.24) is 15.2 Å². The van der Waals surface area contributed by atoms with E-state index < -0.39 is 6.09 Å². The normalized spacial score (nSPS) is 17.4. The number of hydrogen-bond acceptors (Lipinski definition) is 5. The van der Waals surface area contributed by atoms with Gasteiger partial charge in [-0.2, -0.15) is 5.10 Å². The van der Waals surface area contributed by atoms with Crippen LogP contribution in [0.4, 0.5) is 9.18 Å². The number of methoxy groups -OCH3 is 1. The highest BCUT2D eigenvalue weighted by atomic mass is 19.1. The summed E-state index contributed by atoms with van der Waals surface area (Å²) in [6, 6.07) is 13.9. The molecule has 8 heteroatoms. The highest BCUT2D eigenvalue weighted by molar-refractivity contribution is 6.02. The summed E-state index contributed by atoms with van der Waals surface area (Å²) in [7, 11) is 1.27. The van der Waals surface area contributed by atoms with Crippen LogP contribution in [0.1, 0.15) is 34.3 Å². The fourth-order valence-electron chi connectivity index (χ4n) is 4.30. The Hall–Kier alpha value is -3.26. The van der Waals surface area contributed by atoms with Crippen molar-refractivity contribution in [2.24, 2.45) is 11.0 Å². The van der Waals surface area contributed by atoms with Crippen LogP contribution >= 0.6 is 0 Å². The van der Waals surface area contributed by atoms with Crippen molar-refractivity contribution in [1.29, 1.82) is 0 Å². The fraction of sp³-hybridized carbons (Fsp3) is 0.375. The second-order valence-corrected chi connectivity index (χ2v) is 8.23. The molecular formula is C24H27FN4O3. The molecule has 0 spiro atoms. The van der Waals surface area contributed by atoms with Crippen molar-refractivity contribution in [2.75, 3.05) is 33.3 Å². The molecule has 32 heavy (non-hydrogen) atoms. The lowest BCUT2D eigenvalue weighted by Crippen LogP contribution is -2.41. The standard InChI is InChI=1S/C24H27FN4O3/c1-32-24(31)27-26-22(18-6-8-20(25)9-7-18)16-28-12-10-17(11-13-28)14-29-15-19-4-2-3-5-21(19)23(29)30/h2-9,17H,10-16H2,1H3,(H,27,31)/b26-22+. The fourth-order valence-corrected chi connectivity index (χ4v) is 4.30. The predicted molar refractivity (Wildman–Crippen MR) is 119 cm³/mol. The summed E-state index contributed by atoms with van der Waals surface area (Å²) in [6.45, 7) is 3.70. The van der Waals surface area contributed by atoms with E-state index in [-0.39, 0.29) is 11.7 Å². The Morgan fingerprint density at radius 1 is 1.16 bits per heavy atom. The van der Waals surface area contributed by atoms with Crippen molar-refractivity contribution >= 4 is 17.7 Å². The second-order valence-electron chi connectivity index (χ2n) is 8.23. The first kappa shape index (κ1) is 22.0. The molecule has 1 N–H and O–H groups in total. The van der Waals surface area contributed by atoms with Gasteiger partial charge in [-0.15, -0.1) is 0 Å². The van der Waals surface area contributed by atoms with Crippen molar-refractivity contribution in [2.45, 2.75) is 19.4 Å². The van der Waals surface area contributed by atoms with Gasteiger partial charge in [-0.3, -0.25) is 9.69 Å². The molecule has 2 aromatic rings. The Kier molecular flexibility index (Phi) is 6.80. The first-order valence-electron chi connectivity index (χ1n) is 10.8. The molecule has 0 bridgehead atoms. The summed E-state index contributed by atoms with van der Waals surface area (Å²) < 4.78 is 17.9. The van der Waals surface area contributed by atoms with Crippen molar-refractivity contribution in [3.8, 4) is 0 Å². The lowest BCUT2D eigenvalue weighted by atomic mass is 9.95. The van der Waals surface area contributed by atoms with Gasteiger partial charge in [0.15, 0.2) is 0 Å². The van der Waals surface area contributed by atoms with Crippen LogP contribution in [0.15, 0.2) is 53.6 Å². The average Bonchev–Trinajstić information content (AvgIpc) is 3.13. The number of fused-ring (bicyclic) bond motifs is 1. The van der Waals surface area contributed by atoms with Crippen LogP contribution in [-0.4, -0.2) is 60.8 Å². The molecule has 0 unspecified atom stereocenters. The third-order valence-electron chi connectivity index (χ3n) is 6.10. The number of halogens is 1. The van der Waals surface area contributed by atoms with E-state index in [4.69, 9.17) is 0 Å². The van der Waals surface area contributed by atoms with E-state index in [0.717, 1.165) is 49.2 Å². The van der Waals surface area contributed by atoms with Gasteiger partial charge in [-0.1, -0.05) is 30.3 Å². The molecule has 0 radical (unpaired) electrons. The summed E-state index contributed by atoms with van der Waals surface area (Å²) in [6.07, 6.45) is 1.29. The van der Waals surface area contributed by atoms with Crippen LogP contribution in [0.5, 0.6) is 0 Å². The minimum Gasteiger partial charge on any atom is -0.452 e. The number of amides is 2. The molecule has 168 valence electrons. The summed E-state index contributed by atoms with van der Waals surface area (Å²) in [5.41, 5.74) is 5.67. The van der Waals surface area contributed by atoms with E-state index >= 15 is 0 Å². The number of carbonyl (C=O) groups excluding carboxylic acids is 2. The van der Waals surface area contributed by atoms with E-state index in [1.54, 1.807) is 12.1 Å². The molecule has 0 saturated carbocycles. The molecule has 0 aromatic heterocycles. The highest BCUT2D eigenvalue weighted by Crippen LogP contribution is 2.26. The number of nitrogens with zero attached hydrogens (tertiary/aromatic N) is 3. The number of rotatable bonds is 6. The maximum Gasteiger partial charge on any atom is 0.427 e. The Morgan fingerprint density at radius 3 is 2.56 bits per heavy atom. The Balaban J connectivity index is 1.34. The van der Waals surface area contributed by atoms with Gasteiger partial charge < -0.3 is 9.64 Å². The summed E-state index contributed by atoms with van der Waals surface area (Å²) in [5.74, 6) is 0.250. The van der Waals surface area contributed by atoms with Crippen molar-refractivity contribution < 1.29 is 18.7 Å². The van der Waals surface area contributed by atoms with Gasteiger partial charge in [-0.25, -0.2) is 14.6 Å². The predicted octanol–water partition coefficient (Wildman–Crippen LogP) is 3.25. The van der Waals surface area contributed by atoms with Crippen LogP contribution in [0.2, 0.25) is 0 Å². The maximum atomic E-state index is 13.3. The summed E-state index contributed by atoms with van der Waals surface area (Å²) in [5, 5.41) is 4.20. The molecule has 2 amide bonds. The van der Waals surface area contributed by atoms with E-state index in [0.29, 0.717) is 24.7 Å². The van der Waals surface area contributed by atoms with E-state index in [1.807, 2.05) is 29.2 Å². The lowest BCUT2D eigenvalue weighted by molar-refractivity contribution is 0.0719. The molecule has 2 aliphatic rings. The lowest BCUT2D eigenvalue weighted by Gasteiger charge is -2.34. The van der Waals surface area contributed by atoms with Crippen LogP contribution in [-0.2, 0) is 11.3 Å². The zero-order chi connectivity index (χ0) is 22.5. The first-order chi connectivity index (χ1) is 15.5.